The molecule has 0 radical (unpaired) electrons. The average molecular weight is 366 g/mol. The van der Waals surface area contributed by atoms with Crippen LogP contribution in [0.25, 0.3) is 0 Å². The molecule has 2 aliphatic heterocycles. The molecular weight excluding hydrogens is 330 g/mol. The summed E-state index contributed by atoms with van der Waals surface area (Å²) < 4.78 is 0. The van der Waals surface area contributed by atoms with E-state index in [-0.39, 0.29) is 17.9 Å². The number of guanidine groups is 1. The Bertz CT molecular complexity index is 528. The van der Waals surface area contributed by atoms with Gasteiger partial charge in [-0.1, -0.05) is 27.2 Å². The molecule has 2 heterocycles. The smallest absolute Gasteiger partial charge is 0.317 e. The Labute approximate surface area is 157 Å². The predicted molar refractivity (Wildman–Crippen MR) is 103 cm³/mol. The van der Waals surface area contributed by atoms with Crippen LogP contribution in [0.5, 0.6) is 0 Å². The van der Waals surface area contributed by atoms with Crippen molar-refractivity contribution in [2.75, 3.05) is 26.2 Å². The largest absolute Gasteiger partial charge is 0.342 e. The molecule has 2 aliphatic rings. The van der Waals surface area contributed by atoms with Gasteiger partial charge in [0.2, 0.25) is 0 Å². The summed E-state index contributed by atoms with van der Waals surface area (Å²) in [6.07, 6.45) is 4.55. The summed E-state index contributed by atoms with van der Waals surface area (Å²) >= 11 is 0. The van der Waals surface area contributed by atoms with Gasteiger partial charge in [-0.2, -0.15) is 0 Å². The van der Waals surface area contributed by atoms with Crippen molar-refractivity contribution in [2.24, 2.45) is 11.8 Å². The molecule has 0 bridgehead atoms. The number of carbonyl (C=O) groups excluding carboxylic acids is 2. The number of nitrogens with one attached hydrogen (secondary N) is 3. The molecule has 0 aromatic rings. The Kier molecular flexibility index (Phi) is 6.89. The van der Waals surface area contributed by atoms with Crippen molar-refractivity contribution in [2.45, 2.75) is 65.3 Å². The SMILES string of the molecule is CCCCNC(=O)N1CCC(CN2C(=N)NC(C)(CC(C)C)C2=O)CC1. The number of piperidine rings is 1. The third-order valence-corrected chi connectivity index (χ3v) is 5.35. The maximum atomic E-state index is 12.8. The highest BCUT2D eigenvalue weighted by atomic mass is 16.2. The Hall–Kier alpha value is -1.79. The number of carbonyl (C=O) groups is 2. The van der Waals surface area contributed by atoms with Crippen LogP contribution in [0.3, 0.4) is 0 Å². The fourth-order valence-electron chi connectivity index (χ4n) is 3.97. The summed E-state index contributed by atoms with van der Waals surface area (Å²) in [5.41, 5.74) is -0.662. The molecule has 3 amide bonds. The highest BCUT2D eigenvalue weighted by molar-refractivity contribution is 6.07. The van der Waals surface area contributed by atoms with Crippen LogP contribution in [0, 0.1) is 17.2 Å². The highest BCUT2D eigenvalue weighted by Crippen LogP contribution is 2.27. The molecule has 1 atom stereocenters. The van der Waals surface area contributed by atoms with Gasteiger partial charge in [0.25, 0.3) is 5.91 Å². The van der Waals surface area contributed by atoms with Crippen LogP contribution in [0.15, 0.2) is 0 Å². The van der Waals surface area contributed by atoms with Gasteiger partial charge in [-0.05, 0) is 44.4 Å². The zero-order chi connectivity index (χ0) is 19.3. The number of unbranched alkanes of at least 4 members (excludes halogenated alkanes) is 1. The maximum Gasteiger partial charge on any atom is 0.317 e. The van der Waals surface area contributed by atoms with Crippen LogP contribution in [-0.2, 0) is 4.79 Å². The fourth-order valence-corrected chi connectivity index (χ4v) is 3.97. The maximum absolute atomic E-state index is 12.8. The first kappa shape index (κ1) is 20.5. The van der Waals surface area contributed by atoms with E-state index >= 15 is 0 Å². The fraction of sp³-hybridized carbons (Fsp3) is 0.842. The van der Waals surface area contributed by atoms with E-state index in [1.807, 2.05) is 11.8 Å². The molecule has 0 aromatic carbocycles. The van der Waals surface area contributed by atoms with Gasteiger partial charge in [0.05, 0.1) is 0 Å². The molecule has 0 aromatic heterocycles. The van der Waals surface area contributed by atoms with E-state index in [4.69, 9.17) is 5.41 Å². The summed E-state index contributed by atoms with van der Waals surface area (Å²) in [5.74, 6) is 0.953. The number of amides is 3. The van der Waals surface area contributed by atoms with Crippen molar-refractivity contribution >= 4 is 17.9 Å². The van der Waals surface area contributed by atoms with Crippen molar-refractivity contribution in [1.82, 2.24) is 20.4 Å². The summed E-state index contributed by atoms with van der Waals surface area (Å²) in [4.78, 5) is 28.4. The number of likely N-dealkylation sites (tertiary alicyclic amines) is 1. The molecule has 2 rings (SSSR count). The molecule has 0 aliphatic carbocycles. The van der Waals surface area contributed by atoms with E-state index in [2.05, 4.69) is 31.4 Å². The molecule has 26 heavy (non-hydrogen) atoms. The average Bonchev–Trinajstić information content (AvgIpc) is 2.78. The Morgan fingerprint density at radius 1 is 1.38 bits per heavy atom. The molecule has 2 fully saturated rings. The number of hydrogen-bond acceptors (Lipinski definition) is 3. The summed E-state index contributed by atoms with van der Waals surface area (Å²) in [5, 5.41) is 14.2. The van der Waals surface area contributed by atoms with Crippen LogP contribution >= 0.6 is 0 Å². The van der Waals surface area contributed by atoms with Crippen molar-refractivity contribution in [3.05, 3.63) is 0 Å². The summed E-state index contributed by atoms with van der Waals surface area (Å²) in [6, 6.07) is 0.0214. The van der Waals surface area contributed by atoms with Crippen molar-refractivity contribution < 1.29 is 9.59 Å². The topological polar surface area (TPSA) is 88.5 Å². The molecule has 0 saturated carbocycles. The normalized spacial score (nSPS) is 24.3. The first-order chi connectivity index (χ1) is 12.3. The molecule has 0 spiro atoms. The molecule has 1 unspecified atom stereocenters. The lowest BCUT2D eigenvalue weighted by atomic mass is 9.90. The third-order valence-electron chi connectivity index (χ3n) is 5.35. The van der Waals surface area contributed by atoms with Gasteiger partial charge >= 0.3 is 6.03 Å². The highest BCUT2D eigenvalue weighted by Gasteiger charge is 2.46. The number of hydrogen-bond donors (Lipinski definition) is 3. The van der Waals surface area contributed by atoms with Crippen LogP contribution in [0.2, 0.25) is 0 Å². The van der Waals surface area contributed by atoms with Gasteiger partial charge in [-0.25, -0.2) is 4.79 Å². The summed E-state index contributed by atoms with van der Waals surface area (Å²) in [6.45, 7) is 10.9. The molecule has 7 heteroatoms. The van der Waals surface area contributed by atoms with Gasteiger partial charge in [-0.3, -0.25) is 15.1 Å². The lowest BCUT2D eigenvalue weighted by Crippen LogP contribution is -2.47. The molecule has 3 N–H and O–H groups in total. The first-order valence-corrected chi connectivity index (χ1v) is 9.98. The van der Waals surface area contributed by atoms with Crippen LogP contribution in [0.1, 0.15) is 59.8 Å². The Morgan fingerprint density at radius 3 is 2.62 bits per heavy atom. The second kappa shape index (κ2) is 8.73. The lowest BCUT2D eigenvalue weighted by molar-refractivity contribution is -0.131. The van der Waals surface area contributed by atoms with E-state index < -0.39 is 5.54 Å². The van der Waals surface area contributed by atoms with E-state index in [0.29, 0.717) is 31.5 Å². The van der Waals surface area contributed by atoms with Crippen molar-refractivity contribution in [3.8, 4) is 0 Å². The van der Waals surface area contributed by atoms with Gasteiger partial charge in [0.1, 0.15) is 5.54 Å². The summed E-state index contributed by atoms with van der Waals surface area (Å²) in [7, 11) is 0. The van der Waals surface area contributed by atoms with E-state index in [9.17, 15) is 9.59 Å². The minimum atomic E-state index is -0.662. The standard InChI is InChI=1S/C19H35N5O2/c1-5-6-9-21-18(26)23-10-7-15(8-11-23)13-24-16(25)19(4,12-14(2)3)22-17(24)20/h14-15H,5-13H2,1-4H3,(H2,20,22)(H,21,26). The van der Waals surface area contributed by atoms with Gasteiger partial charge in [0.15, 0.2) is 5.96 Å². The van der Waals surface area contributed by atoms with Crippen LogP contribution < -0.4 is 10.6 Å². The first-order valence-electron chi connectivity index (χ1n) is 9.98. The zero-order valence-corrected chi connectivity index (χ0v) is 16.7. The van der Waals surface area contributed by atoms with Crippen molar-refractivity contribution in [3.63, 3.8) is 0 Å². The number of nitrogens with zero attached hydrogens (tertiary/aromatic N) is 2. The second-order valence-corrected chi connectivity index (χ2v) is 8.34. The predicted octanol–water partition coefficient (Wildman–Crippen LogP) is 2.38. The van der Waals surface area contributed by atoms with E-state index in [1.54, 1.807) is 4.90 Å². The van der Waals surface area contributed by atoms with Gasteiger partial charge in [-0.15, -0.1) is 0 Å². The molecular formula is C19H35N5O2. The van der Waals surface area contributed by atoms with Crippen molar-refractivity contribution in [1.29, 1.82) is 5.41 Å². The third kappa shape index (κ3) is 4.89. The number of rotatable bonds is 7. The molecule has 7 nitrogen and oxygen atoms in total. The second-order valence-electron chi connectivity index (χ2n) is 8.34. The Balaban J connectivity index is 1.83. The van der Waals surface area contributed by atoms with Gasteiger partial charge < -0.3 is 15.5 Å². The minimum absolute atomic E-state index is 0.0101. The Morgan fingerprint density at radius 2 is 2.04 bits per heavy atom. The molecule has 2 saturated heterocycles. The van der Waals surface area contributed by atoms with Crippen LogP contribution in [0.4, 0.5) is 4.79 Å². The zero-order valence-electron chi connectivity index (χ0n) is 16.7. The van der Waals surface area contributed by atoms with Crippen LogP contribution in [-0.4, -0.2) is 59.4 Å². The van der Waals surface area contributed by atoms with E-state index in [1.165, 1.54) is 0 Å². The number of urea groups is 1. The quantitative estimate of drug-likeness (QED) is 0.605. The molecule has 148 valence electrons. The lowest BCUT2D eigenvalue weighted by Gasteiger charge is -2.33. The van der Waals surface area contributed by atoms with Gasteiger partial charge in [0, 0.05) is 26.2 Å². The van der Waals surface area contributed by atoms with E-state index in [0.717, 1.165) is 38.6 Å². The minimum Gasteiger partial charge on any atom is -0.342 e. The monoisotopic (exact) mass is 365 g/mol.